The number of allylic oxidation sites excluding steroid dienone is 4. The third-order valence-corrected chi connectivity index (χ3v) is 6.86. The lowest BCUT2D eigenvalue weighted by atomic mass is 9.54. The molecule has 1 spiro atoms. The van der Waals surface area contributed by atoms with Crippen LogP contribution < -0.4 is 5.32 Å². The Bertz CT molecular complexity index is 690. The lowest BCUT2D eigenvalue weighted by molar-refractivity contribution is -0.146. The van der Waals surface area contributed by atoms with E-state index >= 15 is 0 Å². The fourth-order valence-corrected chi connectivity index (χ4v) is 5.48. The van der Waals surface area contributed by atoms with Crippen molar-refractivity contribution in [2.45, 2.75) is 72.3 Å². The Balaban J connectivity index is 2.12. The number of hydrogen-bond acceptors (Lipinski definition) is 3. The van der Waals surface area contributed by atoms with Crippen molar-refractivity contribution < 1.29 is 14.4 Å². The maximum absolute atomic E-state index is 13.5. The fraction of sp³-hybridized carbons (Fsp3) is 0.696. The topological polar surface area (TPSA) is 63.2 Å². The Morgan fingerprint density at radius 3 is 2.63 bits per heavy atom. The van der Waals surface area contributed by atoms with Gasteiger partial charge in [-0.1, -0.05) is 44.6 Å². The molecule has 3 aliphatic rings. The van der Waals surface area contributed by atoms with E-state index in [9.17, 15) is 14.4 Å². The van der Waals surface area contributed by atoms with E-state index in [-0.39, 0.29) is 54.1 Å². The number of nitrogens with one attached hydrogen (secondary N) is 1. The predicted octanol–water partition coefficient (Wildman–Crippen LogP) is 4.00. The van der Waals surface area contributed by atoms with Crippen LogP contribution >= 0.6 is 0 Å². The van der Waals surface area contributed by atoms with Crippen LogP contribution in [0.3, 0.4) is 0 Å². The van der Waals surface area contributed by atoms with E-state index in [0.717, 1.165) is 19.3 Å². The second kappa shape index (κ2) is 7.73. The molecule has 27 heavy (non-hydrogen) atoms. The quantitative estimate of drug-likeness (QED) is 0.589. The van der Waals surface area contributed by atoms with Gasteiger partial charge in [-0.05, 0) is 38.0 Å². The van der Waals surface area contributed by atoms with Gasteiger partial charge in [-0.2, -0.15) is 0 Å². The highest BCUT2D eigenvalue weighted by atomic mass is 16.2. The molecule has 1 saturated heterocycles. The Labute approximate surface area is 162 Å². The summed E-state index contributed by atoms with van der Waals surface area (Å²) in [6, 6.07) is 0.0110. The maximum atomic E-state index is 13.5. The van der Waals surface area contributed by atoms with Crippen LogP contribution in [0, 0.1) is 29.1 Å². The number of amides is 1. The van der Waals surface area contributed by atoms with E-state index in [1.54, 1.807) is 0 Å². The number of Topliss-reactive ketones (excluding diaryl/α,β-unsaturated/α-hetero) is 2. The molecule has 3 rings (SSSR count). The summed E-state index contributed by atoms with van der Waals surface area (Å²) in [5.74, 6) is 0.319. The molecule has 0 bridgehead atoms. The van der Waals surface area contributed by atoms with Crippen LogP contribution in [0.15, 0.2) is 23.8 Å². The van der Waals surface area contributed by atoms with E-state index in [0.29, 0.717) is 12.3 Å². The molecular weight excluding hydrogens is 338 g/mol. The molecule has 4 nitrogen and oxygen atoms in total. The Morgan fingerprint density at radius 2 is 1.93 bits per heavy atom. The molecule has 4 heteroatoms. The van der Waals surface area contributed by atoms with E-state index in [2.05, 4.69) is 51.2 Å². The Kier molecular flexibility index (Phi) is 5.73. The standard InChI is InChI=1S/C23H33NO3/c1-14(2)12-19-21-16(4)15(3)13-17-8-6-5-7-9-18(25)10-11-20(26)23(17,21)22(27)24-19/h6,8,13-14,16-17,19,21H,5,7,9-12H2,1-4H3,(H,24,27)/b8-6+/t16-,17+,19+,21+,23-/m1/s1. The van der Waals surface area contributed by atoms with Crippen molar-refractivity contribution in [2.24, 2.45) is 29.1 Å². The molecule has 0 aromatic carbocycles. The summed E-state index contributed by atoms with van der Waals surface area (Å²) >= 11 is 0. The van der Waals surface area contributed by atoms with Crippen molar-refractivity contribution in [1.82, 2.24) is 5.32 Å². The van der Waals surface area contributed by atoms with Crippen molar-refractivity contribution in [3.05, 3.63) is 23.8 Å². The van der Waals surface area contributed by atoms with E-state index in [4.69, 9.17) is 0 Å². The smallest absolute Gasteiger partial charge is 0.235 e. The molecule has 5 atom stereocenters. The summed E-state index contributed by atoms with van der Waals surface area (Å²) < 4.78 is 0. The first-order valence-corrected chi connectivity index (χ1v) is 10.5. The van der Waals surface area contributed by atoms with Gasteiger partial charge < -0.3 is 5.32 Å². The minimum absolute atomic E-state index is 0.0110. The van der Waals surface area contributed by atoms with Gasteiger partial charge >= 0.3 is 0 Å². The average molecular weight is 372 g/mol. The fourth-order valence-electron chi connectivity index (χ4n) is 5.48. The Morgan fingerprint density at radius 1 is 1.19 bits per heavy atom. The molecule has 148 valence electrons. The van der Waals surface area contributed by atoms with E-state index in [1.807, 2.05) is 0 Å². The van der Waals surface area contributed by atoms with Crippen LogP contribution in [-0.2, 0) is 14.4 Å². The summed E-state index contributed by atoms with van der Waals surface area (Å²) in [4.78, 5) is 39.0. The molecule has 0 saturated carbocycles. The molecule has 0 radical (unpaired) electrons. The highest BCUT2D eigenvalue weighted by Crippen LogP contribution is 2.55. The zero-order valence-corrected chi connectivity index (χ0v) is 17.1. The summed E-state index contributed by atoms with van der Waals surface area (Å²) in [5, 5.41) is 3.20. The Hall–Kier alpha value is -1.71. The third-order valence-electron chi connectivity index (χ3n) is 6.86. The third kappa shape index (κ3) is 3.43. The average Bonchev–Trinajstić information content (AvgIpc) is 2.87. The van der Waals surface area contributed by atoms with Crippen molar-refractivity contribution in [3.63, 3.8) is 0 Å². The minimum Gasteiger partial charge on any atom is -0.352 e. The molecule has 1 heterocycles. The summed E-state index contributed by atoms with van der Waals surface area (Å²) in [5.41, 5.74) is 0.203. The summed E-state index contributed by atoms with van der Waals surface area (Å²) in [7, 11) is 0. The first-order chi connectivity index (χ1) is 12.8. The van der Waals surface area contributed by atoms with Crippen molar-refractivity contribution in [1.29, 1.82) is 0 Å². The number of carbonyl (C=O) groups excluding carboxylic acids is 3. The number of hydrogen-bond donors (Lipinski definition) is 1. The molecule has 1 N–H and O–H groups in total. The zero-order chi connectivity index (χ0) is 19.8. The van der Waals surface area contributed by atoms with Gasteiger partial charge in [0.2, 0.25) is 5.91 Å². The van der Waals surface area contributed by atoms with E-state index in [1.165, 1.54) is 5.57 Å². The van der Waals surface area contributed by atoms with Crippen molar-refractivity contribution >= 4 is 17.5 Å². The first kappa shape index (κ1) is 20.0. The SMILES string of the molecule is CC1=C[C@@H]2/C=C/CCCC(=O)CCC(=O)[C@]23C(=O)N[C@@H](CC(C)C)[C@@H]3[C@@H]1C. The largest absolute Gasteiger partial charge is 0.352 e. The van der Waals surface area contributed by atoms with Gasteiger partial charge in [0.15, 0.2) is 0 Å². The molecule has 1 fully saturated rings. The second-order valence-electron chi connectivity index (χ2n) is 9.11. The number of ketones is 2. The molecule has 1 aliphatic heterocycles. The minimum atomic E-state index is -1.06. The van der Waals surface area contributed by atoms with Crippen LogP contribution in [0.5, 0.6) is 0 Å². The van der Waals surface area contributed by atoms with Gasteiger partial charge in [-0.25, -0.2) is 0 Å². The lowest BCUT2D eigenvalue weighted by Gasteiger charge is -2.45. The summed E-state index contributed by atoms with van der Waals surface area (Å²) in [6.07, 6.45) is 9.73. The van der Waals surface area contributed by atoms with Crippen LogP contribution in [0.2, 0.25) is 0 Å². The predicted molar refractivity (Wildman–Crippen MR) is 106 cm³/mol. The molecule has 0 aromatic rings. The lowest BCUT2D eigenvalue weighted by Crippen LogP contribution is -2.52. The van der Waals surface area contributed by atoms with Crippen molar-refractivity contribution in [3.8, 4) is 0 Å². The second-order valence-corrected chi connectivity index (χ2v) is 9.11. The molecular formula is C23H33NO3. The summed E-state index contributed by atoms with van der Waals surface area (Å²) in [6.45, 7) is 8.58. The molecule has 0 unspecified atom stereocenters. The highest BCUT2D eigenvalue weighted by Gasteiger charge is 2.64. The van der Waals surface area contributed by atoms with Gasteiger partial charge in [0.05, 0.1) is 0 Å². The van der Waals surface area contributed by atoms with Gasteiger partial charge in [0.25, 0.3) is 0 Å². The first-order valence-electron chi connectivity index (χ1n) is 10.5. The van der Waals surface area contributed by atoms with Crippen LogP contribution in [0.1, 0.15) is 66.2 Å². The zero-order valence-electron chi connectivity index (χ0n) is 17.1. The van der Waals surface area contributed by atoms with Crippen LogP contribution in [-0.4, -0.2) is 23.5 Å². The number of rotatable bonds is 2. The van der Waals surface area contributed by atoms with E-state index < -0.39 is 5.41 Å². The van der Waals surface area contributed by atoms with Crippen LogP contribution in [0.4, 0.5) is 0 Å². The van der Waals surface area contributed by atoms with Gasteiger partial charge in [0, 0.05) is 37.1 Å². The maximum Gasteiger partial charge on any atom is 0.235 e. The van der Waals surface area contributed by atoms with Crippen LogP contribution in [0.25, 0.3) is 0 Å². The van der Waals surface area contributed by atoms with Gasteiger partial charge in [-0.3, -0.25) is 14.4 Å². The monoisotopic (exact) mass is 371 g/mol. The number of carbonyl (C=O) groups is 3. The normalized spacial score (nSPS) is 38.6. The van der Waals surface area contributed by atoms with Gasteiger partial charge in [0.1, 0.15) is 17.0 Å². The molecule has 0 aromatic heterocycles. The van der Waals surface area contributed by atoms with Crippen molar-refractivity contribution in [2.75, 3.05) is 0 Å². The molecule has 2 aliphatic carbocycles. The van der Waals surface area contributed by atoms with Gasteiger partial charge in [-0.15, -0.1) is 0 Å². The molecule has 1 amide bonds. The highest BCUT2D eigenvalue weighted by molar-refractivity contribution is 6.10.